The lowest BCUT2D eigenvalue weighted by Crippen LogP contribution is -2.19. The van der Waals surface area contributed by atoms with Crippen molar-refractivity contribution in [1.29, 1.82) is 0 Å². The van der Waals surface area contributed by atoms with Crippen LogP contribution in [0.2, 0.25) is 0 Å². The molecule has 0 bridgehead atoms. The zero-order valence-corrected chi connectivity index (χ0v) is 28.7. The predicted molar refractivity (Wildman–Crippen MR) is 182 cm³/mol. The summed E-state index contributed by atoms with van der Waals surface area (Å²) in [6.07, 6.45) is 33.5. The molecule has 0 nitrogen and oxygen atoms in total. The third kappa shape index (κ3) is 12.3. The van der Waals surface area contributed by atoms with E-state index >= 15 is 0 Å². The smallest absolute Gasteiger partial charge is 0.0104 e. The van der Waals surface area contributed by atoms with Crippen molar-refractivity contribution in [3.8, 4) is 0 Å². The number of allylic oxidation sites excluding steroid dienone is 10. The first-order chi connectivity index (χ1) is 18.8. The molecule has 0 aromatic carbocycles. The van der Waals surface area contributed by atoms with E-state index in [1.165, 1.54) is 83.5 Å². The van der Waals surface area contributed by atoms with Gasteiger partial charge in [0.05, 0.1) is 0 Å². The van der Waals surface area contributed by atoms with Gasteiger partial charge in [-0.3, -0.25) is 0 Å². The largest absolute Gasteiger partial charge is 0.0877 e. The Hall–Kier alpha value is -1.30. The Bertz CT molecular complexity index is 898. The number of rotatable bonds is 16. The van der Waals surface area contributed by atoms with Gasteiger partial charge in [0, 0.05) is 0 Å². The van der Waals surface area contributed by atoms with Crippen molar-refractivity contribution in [3.63, 3.8) is 0 Å². The first-order valence-electron chi connectivity index (χ1n) is 17.3. The van der Waals surface area contributed by atoms with E-state index in [0.29, 0.717) is 28.6 Å². The van der Waals surface area contributed by atoms with Crippen LogP contribution in [0.5, 0.6) is 0 Å². The highest BCUT2D eigenvalue weighted by molar-refractivity contribution is 5.33. The van der Waals surface area contributed by atoms with Crippen LogP contribution in [0, 0.1) is 34.5 Å². The Morgan fingerprint density at radius 1 is 0.600 bits per heavy atom. The zero-order chi connectivity index (χ0) is 29.8. The van der Waals surface area contributed by atoms with Crippen LogP contribution in [0.15, 0.2) is 58.7 Å². The summed E-state index contributed by atoms with van der Waals surface area (Å²) >= 11 is 0. The van der Waals surface area contributed by atoms with E-state index in [0.717, 1.165) is 12.3 Å². The third-order valence-electron chi connectivity index (χ3n) is 10.2. The van der Waals surface area contributed by atoms with Gasteiger partial charge in [-0.25, -0.2) is 0 Å². The molecule has 0 saturated heterocycles. The minimum atomic E-state index is 0.347. The fourth-order valence-electron chi connectivity index (χ4n) is 7.23. The first-order valence-corrected chi connectivity index (χ1v) is 17.3. The van der Waals surface area contributed by atoms with E-state index < -0.39 is 0 Å². The standard InChI is InChI=1S/C40H68/c1-31(19-13-21-33(3)25-27-37-35(5)23-15-29-39(37,7)8)17-11-12-18-32(2)20-14-22-34(4)26-28-38-36(6)24-16-30-40(38,9)10/h13,19,25-28,31-34H,11-12,14-18,20-24,29-30H2,1-10H3/b19-13+,27-25+,28-26+. The molecule has 0 spiro atoms. The highest BCUT2D eigenvalue weighted by atomic mass is 14.3. The first kappa shape index (κ1) is 34.9. The van der Waals surface area contributed by atoms with E-state index in [9.17, 15) is 0 Å². The number of hydrogen-bond acceptors (Lipinski definition) is 0. The molecule has 0 fully saturated rings. The molecule has 4 unspecified atom stereocenters. The second-order valence-corrected chi connectivity index (χ2v) is 15.5. The van der Waals surface area contributed by atoms with Gasteiger partial charge < -0.3 is 0 Å². The molecule has 0 aromatic rings. The molecule has 0 heteroatoms. The average molecular weight is 549 g/mol. The fraction of sp³-hybridized carbons (Fsp3) is 0.750. The van der Waals surface area contributed by atoms with Crippen LogP contribution in [-0.4, -0.2) is 0 Å². The van der Waals surface area contributed by atoms with Crippen molar-refractivity contribution < 1.29 is 0 Å². The second-order valence-electron chi connectivity index (χ2n) is 15.5. The number of hydrogen-bond donors (Lipinski definition) is 0. The average Bonchev–Trinajstić information content (AvgIpc) is 2.85. The fourth-order valence-corrected chi connectivity index (χ4v) is 7.23. The van der Waals surface area contributed by atoms with Crippen LogP contribution in [0.25, 0.3) is 0 Å². The lowest BCUT2D eigenvalue weighted by molar-refractivity contribution is 0.376. The van der Waals surface area contributed by atoms with Gasteiger partial charge in [-0.1, -0.05) is 135 Å². The molecule has 4 atom stereocenters. The summed E-state index contributed by atoms with van der Waals surface area (Å²) in [5.41, 5.74) is 7.13. The zero-order valence-electron chi connectivity index (χ0n) is 28.7. The summed E-state index contributed by atoms with van der Waals surface area (Å²) in [4.78, 5) is 0. The van der Waals surface area contributed by atoms with Gasteiger partial charge in [0.15, 0.2) is 0 Å². The highest BCUT2D eigenvalue weighted by Crippen LogP contribution is 2.42. The van der Waals surface area contributed by atoms with Gasteiger partial charge in [0.25, 0.3) is 0 Å². The molecule has 0 N–H and O–H groups in total. The van der Waals surface area contributed by atoms with Gasteiger partial charge in [0.2, 0.25) is 0 Å². The molecule has 2 aliphatic carbocycles. The summed E-state index contributed by atoms with van der Waals surface area (Å²) in [5, 5.41) is 0. The van der Waals surface area contributed by atoms with Crippen molar-refractivity contribution >= 4 is 0 Å². The quantitative estimate of drug-likeness (QED) is 0.133. The molecule has 2 rings (SSSR count). The van der Waals surface area contributed by atoms with E-state index in [-0.39, 0.29) is 0 Å². The van der Waals surface area contributed by atoms with Gasteiger partial charge in [-0.05, 0) is 117 Å². The maximum Gasteiger partial charge on any atom is -0.0104 e. The van der Waals surface area contributed by atoms with Crippen LogP contribution in [-0.2, 0) is 0 Å². The van der Waals surface area contributed by atoms with Crippen LogP contribution < -0.4 is 0 Å². The molecule has 0 amide bonds. The maximum absolute atomic E-state index is 2.50. The Morgan fingerprint density at radius 3 is 1.60 bits per heavy atom. The normalized spacial score (nSPS) is 22.9. The Kier molecular flexibility index (Phi) is 14.8. The van der Waals surface area contributed by atoms with Crippen molar-refractivity contribution in [3.05, 3.63) is 58.7 Å². The molecule has 228 valence electrons. The Morgan fingerprint density at radius 2 is 1.05 bits per heavy atom. The van der Waals surface area contributed by atoms with E-state index in [1.807, 2.05) is 0 Å². The van der Waals surface area contributed by atoms with Crippen molar-refractivity contribution in [1.82, 2.24) is 0 Å². The van der Waals surface area contributed by atoms with Gasteiger partial charge >= 0.3 is 0 Å². The molecule has 0 radical (unpaired) electrons. The summed E-state index contributed by atoms with van der Waals surface area (Å²) in [6, 6.07) is 0. The molecular formula is C40H68. The van der Waals surface area contributed by atoms with E-state index in [4.69, 9.17) is 0 Å². The molecule has 0 heterocycles. The van der Waals surface area contributed by atoms with E-state index in [1.54, 1.807) is 22.3 Å². The van der Waals surface area contributed by atoms with Crippen molar-refractivity contribution in [2.45, 2.75) is 159 Å². The third-order valence-corrected chi connectivity index (χ3v) is 10.2. The summed E-state index contributed by atoms with van der Waals surface area (Å²) in [5.74, 6) is 2.87. The monoisotopic (exact) mass is 549 g/mol. The summed E-state index contributed by atoms with van der Waals surface area (Å²) < 4.78 is 0. The Labute approximate surface area is 252 Å². The van der Waals surface area contributed by atoms with Crippen molar-refractivity contribution in [2.24, 2.45) is 34.5 Å². The lowest BCUT2D eigenvalue weighted by atomic mass is 9.72. The van der Waals surface area contributed by atoms with Gasteiger partial charge in [-0.2, -0.15) is 0 Å². The maximum atomic E-state index is 2.50. The molecule has 0 aliphatic heterocycles. The number of unbranched alkanes of at least 4 members (excludes halogenated alkanes) is 1. The second kappa shape index (κ2) is 17.0. The van der Waals surface area contributed by atoms with Crippen LogP contribution >= 0.6 is 0 Å². The van der Waals surface area contributed by atoms with Crippen LogP contribution in [0.4, 0.5) is 0 Å². The molecule has 40 heavy (non-hydrogen) atoms. The molecule has 0 saturated carbocycles. The SMILES string of the molecule is CC1=C(/C=C/C(C)C/C=C/C(C)CCCCC(C)CCCC(C)/C=C/C2=C(C)CCCC2(C)C)C(C)(C)CCC1. The van der Waals surface area contributed by atoms with E-state index in [2.05, 4.69) is 106 Å². The minimum absolute atomic E-state index is 0.347. The molecule has 2 aliphatic rings. The van der Waals surface area contributed by atoms with Gasteiger partial charge in [-0.15, -0.1) is 0 Å². The lowest BCUT2D eigenvalue weighted by Gasteiger charge is -2.33. The van der Waals surface area contributed by atoms with Crippen LogP contribution in [0.3, 0.4) is 0 Å². The predicted octanol–water partition coefficient (Wildman–Crippen LogP) is 13.4. The Balaban J connectivity index is 1.58. The highest BCUT2D eigenvalue weighted by Gasteiger charge is 2.27. The molecule has 0 aromatic heterocycles. The van der Waals surface area contributed by atoms with Crippen molar-refractivity contribution in [2.75, 3.05) is 0 Å². The summed E-state index contributed by atoms with van der Waals surface area (Å²) in [6.45, 7) is 24.0. The van der Waals surface area contributed by atoms with Crippen LogP contribution in [0.1, 0.15) is 159 Å². The summed E-state index contributed by atoms with van der Waals surface area (Å²) in [7, 11) is 0. The van der Waals surface area contributed by atoms with Gasteiger partial charge in [0.1, 0.15) is 0 Å². The minimum Gasteiger partial charge on any atom is -0.0877 e. The topological polar surface area (TPSA) is 0 Å². The molecular weight excluding hydrogens is 480 g/mol.